The largest absolute Gasteiger partial charge is 0.377 e. The number of thiophene rings is 1. The van der Waals surface area contributed by atoms with Gasteiger partial charge in [0.2, 0.25) is 0 Å². The van der Waals surface area contributed by atoms with Crippen LogP contribution in [-0.4, -0.2) is 22.6 Å². The van der Waals surface area contributed by atoms with Crippen molar-refractivity contribution < 1.29 is 25.2 Å². The van der Waals surface area contributed by atoms with Crippen LogP contribution in [0.3, 0.4) is 0 Å². The third-order valence-corrected chi connectivity index (χ3v) is 7.44. The molecule has 0 saturated carbocycles. The van der Waals surface area contributed by atoms with Crippen molar-refractivity contribution in [2.24, 2.45) is 0 Å². The quantitative estimate of drug-likeness (QED) is 0.341. The van der Waals surface area contributed by atoms with Crippen molar-refractivity contribution in [2.75, 3.05) is 5.75 Å². The lowest BCUT2D eigenvalue weighted by Gasteiger charge is -2.11. The third kappa shape index (κ3) is 6.79. The summed E-state index contributed by atoms with van der Waals surface area (Å²) < 4.78 is 59.7. The van der Waals surface area contributed by atoms with E-state index in [2.05, 4.69) is 6.92 Å². The molecule has 0 saturated heterocycles. The minimum absolute atomic E-state index is 0.0297. The zero-order valence-electron chi connectivity index (χ0n) is 16.1. The average Bonchev–Trinajstić information content (AvgIpc) is 3.03. The smallest absolute Gasteiger partial charge is 0.339 e. The summed E-state index contributed by atoms with van der Waals surface area (Å²) in [5.41, 5.74) is 0.538. The molecule has 2 rings (SSSR count). The van der Waals surface area contributed by atoms with Gasteiger partial charge in [-0.2, -0.15) is 16.8 Å². The summed E-state index contributed by atoms with van der Waals surface area (Å²) in [6.45, 7) is 3.78. The normalized spacial score (nSPS) is 12.1. The van der Waals surface area contributed by atoms with E-state index in [1.165, 1.54) is 16.8 Å². The monoisotopic (exact) mass is 446 g/mol. The molecule has 1 heterocycles. The van der Waals surface area contributed by atoms with E-state index in [9.17, 15) is 16.8 Å². The predicted molar refractivity (Wildman–Crippen MR) is 111 cm³/mol. The van der Waals surface area contributed by atoms with E-state index in [-0.39, 0.29) is 22.1 Å². The summed E-state index contributed by atoms with van der Waals surface area (Å²) in [6.07, 6.45) is 5.69. The van der Waals surface area contributed by atoms with Gasteiger partial charge >= 0.3 is 20.2 Å². The van der Waals surface area contributed by atoms with Crippen molar-refractivity contribution in [3.8, 4) is 11.5 Å². The maximum absolute atomic E-state index is 12.5. The Balaban J connectivity index is 2.00. The van der Waals surface area contributed by atoms with Gasteiger partial charge in [0.05, 0.1) is 5.75 Å². The maximum Gasteiger partial charge on any atom is 0.339 e. The first-order chi connectivity index (χ1) is 13.2. The first-order valence-corrected chi connectivity index (χ1v) is 13.2. The Morgan fingerprint density at radius 2 is 1.46 bits per heavy atom. The van der Waals surface area contributed by atoms with Crippen LogP contribution in [0.5, 0.6) is 11.5 Å². The van der Waals surface area contributed by atoms with Crippen molar-refractivity contribution in [1.82, 2.24) is 0 Å². The molecule has 0 atom stereocenters. The van der Waals surface area contributed by atoms with Crippen molar-refractivity contribution in [3.05, 3.63) is 40.6 Å². The Bertz CT molecular complexity index is 961. The lowest BCUT2D eigenvalue weighted by molar-refractivity contribution is 0.450. The molecule has 0 fully saturated rings. The van der Waals surface area contributed by atoms with Crippen LogP contribution in [0.1, 0.15) is 51.0 Å². The van der Waals surface area contributed by atoms with Crippen LogP contribution in [0.2, 0.25) is 0 Å². The highest BCUT2D eigenvalue weighted by Crippen LogP contribution is 2.35. The van der Waals surface area contributed by atoms with E-state index in [1.807, 2.05) is 0 Å². The van der Waals surface area contributed by atoms with Crippen molar-refractivity contribution in [2.45, 2.75) is 57.3 Å². The van der Waals surface area contributed by atoms with Gasteiger partial charge in [0.1, 0.15) is 4.90 Å². The lowest BCUT2D eigenvalue weighted by atomic mass is 10.1. The van der Waals surface area contributed by atoms with E-state index >= 15 is 0 Å². The Hall–Kier alpha value is -1.58. The molecule has 0 N–H and O–H groups in total. The zero-order valence-corrected chi connectivity index (χ0v) is 18.5. The molecular formula is C19H26O6S3. The van der Waals surface area contributed by atoms with Crippen molar-refractivity contribution in [1.29, 1.82) is 0 Å². The first-order valence-electron chi connectivity index (χ1n) is 9.23. The molecule has 0 amide bonds. The summed E-state index contributed by atoms with van der Waals surface area (Å²) in [5, 5.41) is 2.83. The zero-order chi connectivity index (χ0) is 20.6. The van der Waals surface area contributed by atoms with E-state index in [0.29, 0.717) is 12.0 Å². The van der Waals surface area contributed by atoms with Crippen LogP contribution >= 0.6 is 11.3 Å². The highest BCUT2D eigenvalue weighted by Gasteiger charge is 2.24. The second-order valence-electron chi connectivity index (χ2n) is 6.52. The summed E-state index contributed by atoms with van der Waals surface area (Å²) in [6, 6.07) is 6.42. The fourth-order valence-corrected chi connectivity index (χ4v) is 5.61. The van der Waals surface area contributed by atoms with Gasteiger partial charge in [0.15, 0.2) is 11.5 Å². The molecule has 0 spiro atoms. The van der Waals surface area contributed by atoms with Gasteiger partial charge in [-0.15, -0.1) is 11.3 Å². The topological polar surface area (TPSA) is 86.7 Å². The van der Waals surface area contributed by atoms with Crippen LogP contribution in [0.25, 0.3) is 0 Å². The van der Waals surface area contributed by atoms with Crippen LogP contribution in [0.4, 0.5) is 0 Å². The highest BCUT2D eigenvalue weighted by molar-refractivity contribution is 7.87. The predicted octanol–water partition coefficient (Wildman–Crippen LogP) is 4.89. The molecule has 0 radical (unpaired) electrons. The number of rotatable bonds is 12. The van der Waals surface area contributed by atoms with Crippen molar-refractivity contribution >= 4 is 31.6 Å². The Morgan fingerprint density at radius 3 is 2.14 bits per heavy atom. The molecule has 156 valence electrons. The Morgan fingerprint density at radius 1 is 0.857 bits per heavy atom. The van der Waals surface area contributed by atoms with Crippen LogP contribution in [0, 0.1) is 6.92 Å². The first kappa shape index (κ1) is 22.7. The summed E-state index contributed by atoms with van der Waals surface area (Å²) in [4.78, 5) is 0.0297. The van der Waals surface area contributed by atoms with Crippen LogP contribution < -0.4 is 8.37 Å². The van der Waals surface area contributed by atoms with E-state index in [1.54, 1.807) is 25.1 Å². The van der Waals surface area contributed by atoms with Gasteiger partial charge in [0.25, 0.3) is 0 Å². The molecule has 1 aromatic carbocycles. The summed E-state index contributed by atoms with van der Waals surface area (Å²) in [7, 11) is -7.91. The van der Waals surface area contributed by atoms with Gasteiger partial charge in [-0.3, -0.25) is 0 Å². The second-order valence-corrected chi connectivity index (χ2v) is 10.5. The van der Waals surface area contributed by atoms with Gasteiger partial charge in [-0.05, 0) is 25.0 Å². The number of aryl methyl sites for hydroxylation is 1. The van der Waals surface area contributed by atoms with E-state index < -0.39 is 20.2 Å². The van der Waals surface area contributed by atoms with Gasteiger partial charge in [-0.1, -0.05) is 57.2 Å². The van der Waals surface area contributed by atoms with Gasteiger partial charge in [-0.25, -0.2) is 0 Å². The molecule has 2 aromatic rings. The van der Waals surface area contributed by atoms with E-state index in [0.717, 1.165) is 43.4 Å². The molecular weight excluding hydrogens is 420 g/mol. The lowest BCUT2D eigenvalue weighted by Crippen LogP contribution is -2.15. The average molecular weight is 447 g/mol. The molecule has 0 bridgehead atoms. The molecule has 0 aliphatic heterocycles. The fraction of sp³-hybridized carbons (Fsp3) is 0.474. The number of hydrogen-bond acceptors (Lipinski definition) is 7. The fourth-order valence-electron chi connectivity index (χ4n) is 2.63. The Kier molecular flexibility index (Phi) is 8.33. The molecule has 0 unspecified atom stereocenters. The molecule has 0 aliphatic rings. The van der Waals surface area contributed by atoms with E-state index in [4.69, 9.17) is 8.37 Å². The third-order valence-electron chi connectivity index (χ3n) is 4.12. The maximum atomic E-state index is 12.5. The molecule has 1 aromatic heterocycles. The SMILES string of the molecule is CCCCCCCCS(=O)(=O)Oc1cscc1OS(=O)(=O)c1ccccc1C. The number of benzene rings is 1. The highest BCUT2D eigenvalue weighted by atomic mass is 32.2. The van der Waals surface area contributed by atoms with Crippen LogP contribution in [-0.2, 0) is 20.2 Å². The van der Waals surface area contributed by atoms with Crippen LogP contribution in [0.15, 0.2) is 39.9 Å². The standard InChI is InChI=1S/C19H26O6S3/c1-3-4-5-6-7-10-13-27(20,21)24-17-14-26-15-18(17)25-28(22,23)19-12-9-8-11-16(19)2/h8-9,11-12,14-15H,3-7,10,13H2,1-2H3. The minimum Gasteiger partial charge on any atom is -0.377 e. The number of hydrogen-bond donors (Lipinski definition) is 0. The molecule has 28 heavy (non-hydrogen) atoms. The van der Waals surface area contributed by atoms with Gasteiger partial charge < -0.3 is 8.37 Å². The van der Waals surface area contributed by atoms with Crippen molar-refractivity contribution in [3.63, 3.8) is 0 Å². The molecule has 9 heteroatoms. The number of unbranched alkanes of at least 4 members (excludes halogenated alkanes) is 5. The minimum atomic E-state index is -4.09. The Labute approximate surface area is 171 Å². The summed E-state index contributed by atoms with van der Waals surface area (Å²) >= 11 is 1.11. The second kappa shape index (κ2) is 10.3. The summed E-state index contributed by atoms with van der Waals surface area (Å²) in [5.74, 6) is -0.341. The molecule has 6 nitrogen and oxygen atoms in total. The molecule has 0 aliphatic carbocycles. The van der Waals surface area contributed by atoms with Gasteiger partial charge in [0, 0.05) is 10.8 Å².